The quantitative estimate of drug-likeness (QED) is 0.384. The Balaban J connectivity index is 2.21. The molecule has 11 heteroatoms. The molecule has 188 valence electrons. The van der Waals surface area contributed by atoms with Crippen molar-refractivity contribution in [3.05, 3.63) is 34.3 Å². The molecule has 0 aromatic heterocycles. The van der Waals surface area contributed by atoms with Crippen molar-refractivity contribution in [2.75, 3.05) is 18.1 Å². The molecule has 3 atom stereocenters. The number of hydrogen-bond donors (Lipinski definition) is 2. The number of esters is 1. The minimum atomic E-state index is -1.22. The lowest BCUT2D eigenvalue weighted by Crippen LogP contribution is -2.58. The van der Waals surface area contributed by atoms with Crippen molar-refractivity contribution in [3.8, 4) is 0 Å². The van der Waals surface area contributed by atoms with Gasteiger partial charge in [-0.2, -0.15) is 0 Å². The average Bonchev–Trinajstić information content (AvgIpc) is 2.73. The highest BCUT2D eigenvalue weighted by Crippen LogP contribution is 2.27. The van der Waals surface area contributed by atoms with Crippen LogP contribution < -0.4 is 5.23 Å². The Kier molecular flexibility index (Phi) is 10.3. The zero-order valence-electron chi connectivity index (χ0n) is 20.4. The summed E-state index contributed by atoms with van der Waals surface area (Å²) in [5.41, 5.74) is 1.09. The second-order valence-electron chi connectivity index (χ2n) is 9.65. The largest absolute Gasteiger partial charge is 0.452 e. The highest BCUT2D eigenvalue weighted by Gasteiger charge is 2.42. The number of carbonyl (C=O) groups excluding carboxylic acids is 3. The predicted molar refractivity (Wildman–Crippen MR) is 134 cm³/mol. The van der Waals surface area contributed by atoms with E-state index < -0.39 is 47.3 Å². The molecule has 0 saturated carbocycles. The first-order valence-corrected chi connectivity index (χ1v) is 13.2. The van der Waals surface area contributed by atoms with E-state index >= 15 is 0 Å². The van der Waals surface area contributed by atoms with Crippen molar-refractivity contribution < 1.29 is 28.4 Å². The summed E-state index contributed by atoms with van der Waals surface area (Å²) in [5.74, 6) is -0.881. The van der Waals surface area contributed by atoms with Gasteiger partial charge >= 0.3 is 13.0 Å². The summed E-state index contributed by atoms with van der Waals surface area (Å²) in [6.45, 7) is 8.81. The molecule has 1 aromatic carbocycles. The zero-order valence-corrected chi connectivity index (χ0v) is 22.0. The Morgan fingerprint density at radius 2 is 2.00 bits per heavy atom. The Labute approximate surface area is 209 Å². The average molecular weight is 513 g/mol. The molecule has 1 saturated heterocycles. The summed E-state index contributed by atoms with van der Waals surface area (Å²) in [7, 11) is -1.90. The normalized spacial score (nSPS) is 19.4. The second-order valence-corrected chi connectivity index (χ2v) is 11.7. The first-order chi connectivity index (χ1) is 15.8. The van der Waals surface area contributed by atoms with Gasteiger partial charge in [0.25, 0.3) is 5.91 Å². The van der Waals surface area contributed by atoms with E-state index in [1.807, 2.05) is 6.07 Å². The third-order valence-electron chi connectivity index (χ3n) is 5.63. The van der Waals surface area contributed by atoms with E-state index in [1.165, 1.54) is 11.8 Å². The number of benzene rings is 1. The van der Waals surface area contributed by atoms with Gasteiger partial charge in [-0.1, -0.05) is 38.4 Å². The lowest BCUT2D eigenvalue weighted by Gasteiger charge is -2.39. The molecular weight excluding hydrogens is 479 g/mol. The Morgan fingerprint density at radius 3 is 2.59 bits per heavy atom. The molecule has 8 nitrogen and oxygen atoms in total. The van der Waals surface area contributed by atoms with Crippen molar-refractivity contribution >= 4 is 47.1 Å². The fourth-order valence-electron chi connectivity index (χ4n) is 3.83. The predicted octanol–water partition coefficient (Wildman–Crippen LogP) is 1.98. The van der Waals surface area contributed by atoms with Gasteiger partial charge in [-0.15, -0.1) is 0 Å². The van der Waals surface area contributed by atoms with Crippen LogP contribution in [0.15, 0.2) is 18.2 Å². The van der Waals surface area contributed by atoms with Crippen LogP contribution in [0.5, 0.6) is 0 Å². The minimum absolute atomic E-state index is 0.0630. The molecule has 1 fully saturated rings. The monoisotopic (exact) mass is 512 g/mol. The third kappa shape index (κ3) is 8.18. The van der Waals surface area contributed by atoms with Crippen LogP contribution in [0.3, 0.4) is 0 Å². The molecule has 1 heterocycles. The molecule has 2 N–H and O–H groups in total. The zero-order chi connectivity index (χ0) is 25.6. The highest BCUT2D eigenvalue weighted by atomic mass is 35.5. The number of halogens is 1. The Bertz CT molecular complexity index is 937. The maximum absolute atomic E-state index is 13.4. The van der Waals surface area contributed by atoms with Gasteiger partial charge in [-0.3, -0.25) is 18.6 Å². The molecule has 1 aliphatic heterocycles. The molecule has 0 radical (unpaired) electrons. The number of nitrogens with one attached hydrogen (secondary N) is 1. The number of aryl methyl sites for hydroxylation is 1. The topological polar surface area (TPSA) is 113 Å². The number of amides is 1. The summed E-state index contributed by atoms with van der Waals surface area (Å²) >= 11 is 6.16. The van der Waals surface area contributed by atoms with E-state index in [1.54, 1.807) is 39.7 Å². The van der Waals surface area contributed by atoms with Crippen LogP contribution in [-0.4, -0.2) is 69.0 Å². The van der Waals surface area contributed by atoms with Gasteiger partial charge in [-0.25, -0.2) is 0 Å². The molecule has 0 spiro atoms. The maximum Gasteiger partial charge on any atom is 0.373 e. The van der Waals surface area contributed by atoms with Crippen LogP contribution >= 0.6 is 11.6 Å². The fourth-order valence-corrected chi connectivity index (χ4v) is 5.31. The molecular formula is C23H34BClN2O6S. The fraction of sp³-hybridized carbons (Fsp3) is 0.609. The lowest BCUT2D eigenvalue weighted by molar-refractivity contribution is -0.167. The summed E-state index contributed by atoms with van der Waals surface area (Å²) in [6.07, 6.45) is -0.534. The van der Waals surface area contributed by atoms with Gasteiger partial charge in [0, 0.05) is 53.4 Å². The van der Waals surface area contributed by atoms with Gasteiger partial charge in [0.05, 0.1) is 5.75 Å². The minimum Gasteiger partial charge on any atom is -0.452 e. The van der Waals surface area contributed by atoms with Crippen LogP contribution in [0.25, 0.3) is 0 Å². The van der Waals surface area contributed by atoms with E-state index in [2.05, 4.69) is 5.23 Å². The molecule has 1 unspecified atom stereocenters. The number of ketones is 1. The van der Waals surface area contributed by atoms with E-state index in [-0.39, 0.29) is 30.3 Å². The van der Waals surface area contributed by atoms with E-state index in [0.29, 0.717) is 18.0 Å². The van der Waals surface area contributed by atoms with Crippen LogP contribution in [0, 0.1) is 5.41 Å². The molecule has 2 rings (SSSR count). The molecule has 0 bridgehead atoms. The SMILES string of the molecule is CB(O)NCc1ccc(Cl)cc1CCC(=O)[C@@H]1CS(=O)CCN1C(=O)[C@H](OC(C)=O)C(C)(C)C. The first kappa shape index (κ1) is 28.5. The third-order valence-corrected chi connectivity index (χ3v) is 7.19. The van der Waals surface area contributed by atoms with Crippen molar-refractivity contribution in [1.29, 1.82) is 0 Å². The first-order valence-electron chi connectivity index (χ1n) is 11.3. The summed E-state index contributed by atoms with van der Waals surface area (Å²) in [5, 5.41) is 13.0. The summed E-state index contributed by atoms with van der Waals surface area (Å²) < 4.78 is 17.6. The second kappa shape index (κ2) is 12.3. The molecule has 0 aliphatic carbocycles. The Morgan fingerprint density at radius 1 is 1.32 bits per heavy atom. The van der Waals surface area contributed by atoms with Gasteiger partial charge in [0.15, 0.2) is 11.9 Å². The number of rotatable bonds is 9. The Hall–Kier alpha value is -1.75. The van der Waals surface area contributed by atoms with E-state index in [0.717, 1.165) is 11.1 Å². The number of nitrogens with zero attached hydrogens (tertiary/aromatic N) is 1. The molecule has 34 heavy (non-hydrogen) atoms. The molecule has 1 aromatic rings. The van der Waals surface area contributed by atoms with E-state index in [9.17, 15) is 23.6 Å². The van der Waals surface area contributed by atoms with Gasteiger partial charge < -0.3 is 19.9 Å². The van der Waals surface area contributed by atoms with Crippen molar-refractivity contribution in [3.63, 3.8) is 0 Å². The number of carbonyl (C=O) groups is 3. The van der Waals surface area contributed by atoms with E-state index in [4.69, 9.17) is 16.3 Å². The van der Waals surface area contributed by atoms with Crippen molar-refractivity contribution in [2.24, 2.45) is 5.41 Å². The standard InChI is InChI=1S/C23H34BClN2O6S/c1-15(28)33-21(23(2,3)4)22(30)27-10-11-34(32)14-19(27)20(29)9-7-16-12-18(25)8-6-17(16)13-26-24(5)31/h6,8,12,19,21,26,31H,7,9-11,13-14H2,1-5H3/t19-,21-,34?/m0/s1. The van der Waals surface area contributed by atoms with Crippen molar-refractivity contribution in [2.45, 2.75) is 66.1 Å². The molecule has 1 amide bonds. The number of ether oxygens (including phenoxy) is 1. The van der Waals surface area contributed by atoms with Crippen LogP contribution in [0.2, 0.25) is 11.8 Å². The number of hydrogen-bond acceptors (Lipinski definition) is 7. The highest BCUT2D eigenvalue weighted by molar-refractivity contribution is 7.85. The van der Waals surface area contributed by atoms with Gasteiger partial charge in [0.2, 0.25) is 0 Å². The molecule has 1 aliphatic rings. The summed E-state index contributed by atoms with van der Waals surface area (Å²) in [4.78, 5) is 39.7. The summed E-state index contributed by atoms with van der Waals surface area (Å²) in [6, 6.07) is 4.53. The van der Waals surface area contributed by atoms with Crippen LogP contribution in [-0.2, 0) is 42.9 Å². The van der Waals surface area contributed by atoms with Gasteiger partial charge in [0.1, 0.15) is 6.04 Å². The van der Waals surface area contributed by atoms with Crippen LogP contribution in [0.1, 0.15) is 45.2 Å². The maximum atomic E-state index is 13.4. The van der Waals surface area contributed by atoms with Crippen LogP contribution in [0.4, 0.5) is 0 Å². The number of Topliss-reactive ketones (excluding diaryl/α,β-unsaturated/α-hetero) is 1. The smallest absolute Gasteiger partial charge is 0.373 e. The van der Waals surface area contributed by atoms with Crippen molar-refractivity contribution in [1.82, 2.24) is 10.1 Å². The van der Waals surface area contributed by atoms with Gasteiger partial charge in [-0.05, 0) is 36.5 Å². The lowest BCUT2D eigenvalue weighted by atomic mass is 9.87.